The molecule has 0 radical (unpaired) electrons. The number of carbonyl (C=O) groups excluding carboxylic acids is 6. The van der Waals surface area contributed by atoms with E-state index in [2.05, 4.69) is 25.3 Å². The number of nitriles is 1. The molecule has 0 unspecified atom stereocenters. The summed E-state index contributed by atoms with van der Waals surface area (Å²) in [5, 5.41) is 30.7. The maximum atomic E-state index is 15.9. The lowest BCUT2D eigenvalue weighted by atomic mass is 9.93. The number of halogens is 2. The number of benzene rings is 2. The smallest absolute Gasteiger partial charge is 0.305 e. The van der Waals surface area contributed by atoms with Crippen molar-refractivity contribution in [2.45, 2.75) is 133 Å². The molecule has 0 spiro atoms. The quantitative estimate of drug-likeness (QED) is 0.0582. The molecule has 5 heterocycles. The number of nitrogens with zero attached hydrogens (tertiary/aromatic N) is 8. The number of rotatable bonds is 23. The van der Waals surface area contributed by atoms with Gasteiger partial charge in [-0.05, 0) is 100 Å². The minimum atomic E-state index is -1.32. The van der Waals surface area contributed by atoms with Crippen LogP contribution in [0.2, 0.25) is 5.02 Å². The summed E-state index contributed by atoms with van der Waals surface area (Å²) in [5.74, 6) is -3.21. The number of likely N-dealkylation sites (tertiary alicyclic amines) is 1. The Morgan fingerprint density at radius 1 is 0.853 bits per heavy atom. The van der Waals surface area contributed by atoms with Crippen molar-refractivity contribution in [1.29, 1.82) is 5.26 Å². The van der Waals surface area contributed by atoms with Gasteiger partial charge < -0.3 is 34.5 Å². The van der Waals surface area contributed by atoms with Crippen molar-refractivity contribution in [3.8, 4) is 11.8 Å². The van der Waals surface area contributed by atoms with Gasteiger partial charge in [0.15, 0.2) is 11.5 Å². The third-order valence-corrected chi connectivity index (χ3v) is 15.5. The number of hydrogen-bond acceptors (Lipinski definition) is 15. The number of nitrogens with one attached hydrogen (secondary N) is 1. The highest BCUT2D eigenvalue weighted by Crippen LogP contribution is 2.35. The molecule has 5 aliphatic rings. The number of unbranched alkanes of at least 4 members (excludes halogenated alkanes) is 6. The van der Waals surface area contributed by atoms with Gasteiger partial charge in [-0.25, -0.2) is 4.39 Å². The zero-order valence-electron chi connectivity index (χ0n) is 42.1. The fourth-order valence-electron chi connectivity index (χ4n) is 10.8. The number of fused-ring (bicyclic) bond motifs is 1. The Balaban J connectivity index is 0.760. The van der Waals surface area contributed by atoms with Crippen molar-refractivity contribution >= 4 is 64.9 Å². The molecule has 2 aromatic carbocycles. The Morgan fingerprint density at radius 2 is 1.56 bits per heavy atom. The Bertz CT molecular complexity index is 2610. The maximum absolute atomic E-state index is 15.9. The number of carboxylic acid groups (broad SMARTS) is 1. The highest BCUT2D eigenvalue weighted by molar-refractivity contribution is 6.31. The van der Waals surface area contributed by atoms with Gasteiger partial charge in [-0.1, -0.05) is 43.7 Å². The summed E-state index contributed by atoms with van der Waals surface area (Å²) in [4.78, 5) is 97.7. The Kier molecular flexibility index (Phi) is 18.8. The number of anilines is 2. The predicted molar refractivity (Wildman–Crippen MR) is 273 cm³/mol. The van der Waals surface area contributed by atoms with Crippen LogP contribution < -0.4 is 19.9 Å². The zero-order chi connectivity index (χ0) is 53.0. The summed E-state index contributed by atoms with van der Waals surface area (Å²) in [6.45, 7) is 4.20. The van der Waals surface area contributed by atoms with E-state index in [1.165, 1.54) is 6.07 Å². The van der Waals surface area contributed by atoms with Gasteiger partial charge in [0, 0.05) is 70.8 Å². The lowest BCUT2D eigenvalue weighted by molar-refractivity contribution is -0.161. The molecule has 400 valence electrons. The first-order valence-corrected chi connectivity index (χ1v) is 26.7. The minimum absolute atomic E-state index is 0.00855. The number of amides is 5. The number of aliphatic carboxylic acids is 1. The Hall–Kier alpha value is -6.56. The fraction of sp³-hybridized carbons (Fsp3) is 0.556. The molecule has 3 aromatic rings. The zero-order valence-corrected chi connectivity index (χ0v) is 42.9. The van der Waals surface area contributed by atoms with Crippen LogP contribution in [0.4, 0.5) is 15.9 Å². The summed E-state index contributed by atoms with van der Waals surface area (Å²) >= 11 is 6.16. The molecule has 5 amide bonds. The Morgan fingerprint density at radius 3 is 2.23 bits per heavy atom. The second-order valence-corrected chi connectivity index (χ2v) is 20.6. The molecule has 21 heteroatoms. The highest BCUT2D eigenvalue weighted by Gasteiger charge is 2.48. The maximum Gasteiger partial charge on any atom is 0.305 e. The molecule has 3 saturated heterocycles. The average molecular weight is 1050 g/mol. The van der Waals surface area contributed by atoms with Crippen molar-refractivity contribution in [1.82, 2.24) is 30.2 Å². The minimum Gasteiger partial charge on any atom is -0.490 e. The van der Waals surface area contributed by atoms with Gasteiger partial charge >= 0.3 is 5.97 Å². The fourth-order valence-corrected chi connectivity index (χ4v) is 11.1. The lowest BCUT2D eigenvalue weighted by Gasteiger charge is -2.39. The molecular formula is C54H65ClFN9O10. The van der Waals surface area contributed by atoms with E-state index in [1.807, 2.05) is 17.0 Å². The van der Waals surface area contributed by atoms with E-state index in [4.69, 9.17) is 26.3 Å². The van der Waals surface area contributed by atoms with Gasteiger partial charge in [0.1, 0.15) is 36.7 Å². The summed E-state index contributed by atoms with van der Waals surface area (Å²) in [5.41, 5.74) is 0.682. The second-order valence-electron chi connectivity index (χ2n) is 20.2. The van der Waals surface area contributed by atoms with Gasteiger partial charge in [-0.3, -0.25) is 43.5 Å². The monoisotopic (exact) mass is 1050 g/mol. The molecule has 0 bridgehead atoms. The first-order chi connectivity index (χ1) is 36.3. The summed E-state index contributed by atoms with van der Waals surface area (Å²) in [7, 11) is 0. The molecule has 2 atom stereocenters. The van der Waals surface area contributed by atoms with Crippen LogP contribution in [-0.2, 0) is 23.9 Å². The number of carbonyl (C=O) groups is 7. The summed E-state index contributed by atoms with van der Waals surface area (Å²) in [6.07, 6.45) is 10.5. The van der Waals surface area contributed by atoms with E-state index in [0.717, 1.165) is 112 Å². The van der Waals surface area contributed by atoms with Crippen molar-refractivity contribution in [2.24, 2.45) is 5.92 Å². The van der Waals surface area contributed by atoms with Gasteiger partial charge in [0.05, 0.1) is 46.0 Å². The first kappa shape index (κ1) is 54.7. The first-order valence-electron chi connectivity index (χ1n) is 26.4. The van der Waals surface area contributed by atoms with E-state index in [0.29, 0.717) is 73.5 Å². The molecule has 1 aliphatic carbocycles. The molecule has 75 heavy (non-hydrogen) atoms. The second kappa shape index (κ2) is 25.8. The van der Waals surface area contributed by atoms with E-state index in [9.17, 15) is 38.7 Å². The molecule has 4 fully saturated rings. The van der Waals surface area contributed by atoms with Crippen LogP contribution in [0.3, 0.4) is 0 Å². The van der Waals surface area contributed by atoms with Crippen molar-refractivity contribution < 1.29 is 52.5 Å². The highest BCUT2D eigenvalue weighted by atomic mass is 35.5. The van der Waals surface area contributed by atoms with E-state index in [1.54, 1.807) is 24.3 Å². The van der Waals surface area contributed by atoms with Gasteiger partial charge in [-0.15, -0.1) is 10.2 Å². The summed E-state index contributed by atoms with van der Waals surface area (Å²) in [6, 6.07) is 11.7. The van der Waals surface area contributed by atoms with E-state index < -0.39 is 54.3 Å². The third-order valence-electron chi connectivity index (χ3n) is 15.1. The van der Waals surface area contributed by atoms with Crippen LogP contribution in [0, 0.1) is 23.1 Å². The Labute approximate surface area is 440 Å². The third kappa shape index (κ3) is 13.8. The molecule has 2 N–H and O–H groups in total. The molecule has 1 aromatic heterocycles. The molecule has 1 saturated carbocycles. The molecular weight excluding hydrogens is 989 g/mol. The van der Waals surface area contributed by atoms with Crippen LogP contribution in [0.15, 0.2) is 42.5 Å². The number of ether oxygens (including phenoxy) is 2. The largest absolute Gasteiger partial charge is 0.490 e. The van der Waals surface area contributed by atoms with Crippen LogP contribution in [0.1, 0.15) is 146 Å². The number of piperidine rings is 2. The molecule has 4 aliphatic heterocycles. The van der Waals surface area contributed by atoms with Gasteiger partial charge in [0.2, 0.25) is 5.91 Å². The van der Waals surface area contributed by atoms with Crippen LogP contribution in [0.5, 0.6) is 5.75 Å². The van der Waals surface area contributed by atoms with Gasteiger partial charge in [-0.2, -0.15) is 5.26 Å². The number of hydrogen-bond donors (Lipinski definition) is 2. The van der Waals surface area contributed by atoms with Gasteiger partial charge in [0.25, 0.3) is 23.6 Å². The summed E-state index contributed by atoms with van der Waals surface area (Å²) < 4.78 is 27.8. The SMILES string of the molecule is N#Cc1ccc(OC2CCC(NC(=O)c3ccc(N4CCC(CN5CCN(c6cc7c(cc6F)C(=O)N([C@@H]6CCC(=O)N(CO[C@H](CCCCCCCCC=O)CC(=O)O)C6=O)C7=O)CC5)CC4)nn3)CC2)cc1Cl. The number of aromatic nitrogens is 2. The predicted octanol–water partition coefficient (Wildman–Crippen LogP) is 6.55. The van der Waals surface area contributed by atoms with E-state index >= 15 is 4.39 Å². The normalized spacial score (nSPS) is 21.0. The van der Waals surface area contributed by atoms with Crippen molar-refractivity contribution in [3.63, 3.8) is 0 Å². The van der Waals surface area contributed by atoms with E-state index in [-0.39, 0.29) is 59.8 Å². The topological polar surface area (TPSA) is 236 Å². The van der Waals surface area contributed by atoms with Crippen LogP contribution >= 0.6 is 11.6 Å². The number of imide groups is 2. The van der Waals surface area contributed by atoms with Crippen LogP contribution in [0.25, 0.3) is 0 Å². The standard InChI is InChI=1S/C54H65ClFN9O10/c55-43-28-40(12-9-36(43)32-57)75-38-13-10-37(11-14-38)58-51(70)45-15-17-48(60-59-45)63-21-19-35(20-22-63)33-61-23-25-62(26-24-61)47-31-42-41(30-44(47)56)52(71)65(53(42)72)46-16-18-49(67)64(54(46)73)34-74-39(29-50(68)69)8-6-4-2-1-3-5-7-27-66/h9,12,15,17,27-28,30-31,35,37-39,46H,1-8,10-11,13-14,16,18-26,29,33-34H2,(H,58,70)(H,68,69)/t37?,38?,39-,46-/m1/s1. The molecule has 8 rings (SSSR count). The number of aldehydes is 1. The number of carboxylic acids is 1. The number of piperazine rings is 1. The van der Waals surface area contributed by atoms with Crippen molar-refractivity contribution in [3.05, 3.63) is 75.7 Å². The lowest BCUT2D eigenvalue weighted by Crippen LogP contribution is -2.56. The van der Waals surface area contributed by atoms with Crippen molar-refractivity contribution in [2.75, 3.05) is 62.3 Å². The van der Waals surface area contributed by atoms with Crippen LogP contribution in [-0.4, -0.2) is 149 Å². The average Bonchev–Trinajstić information content (AvgIpc) is 3.65. The molecule has 19 nitrogen and oxygen atoms in total.